The van der Waals surface area contributed by atoms with Gasteiger partial charge in [0, 0.05) is 6.08 Å². The van der Waals surface area contributed by atoms with E-state index in [0.29, 0.717) is 17.7 Å². The van der Waals surface area contributed by atoms with Gasteiger partial charge in [-0.2, -0.15) is 0 Å². The second-order valence-corrected chi connectivity index (χ2v) is 4.43. The van der Waals surface area contributed by atoms with Gasteiger partial charge in [-0.3, -0.25) is 0 Å². The fourth-order valence-electron chi connectivity index (χ4n) is 1.52. The molecule has 6 nitrogen and oxygen atoms in total. The third-order valence-corrected chi connectivity index (χ3v) is 2.67. The van der Waals surface area contributed by atoms with Gasteiger partial charge in [-0.05, 0) is 31.2 Å². The summed E-state index contributed by atoms with van der Waals surface area (Å²) in [5, 5.41) is 0. The van der Waals surface area contributed by atoms with Crippen molar-refractivity contribution in [1.82, 2.24) is 0 Å². The molecule has 0 saturated heterocycles. The van der Waals surface area contributed by atoms with E-state index in [1.54, 1.807) is 67.6 Å². The molecule has 2 rings (SSSR count). The second kappa shape index (κ2) is 11.2. The zero-order valence-corrected chi connectivity index (χ0v) is 13.7. The number of hydrogen-bond acceptors (Lipinski definition) is 6. The summed E-state index contributed by atoms with van der Waals surface area (Å²) in [5.74, 6) is -1.78. The fourth-order valence-corrected chi connectivity index (χ4v) is 1.52. The summed E-state index contributed by atoms with van der Waals surface area (Å²) in [5.41, 5.74) is 0.636. The normalized spacial score (nSPS) is 9.00. The number of hydrogen-bond donors (Lipinski definition) is 0. The van der Waals surface area contributed by atoms with Crippen molar-refractivity contribution in [2.45, 2.75) is 6.92 Å². The smallest absolute Gasteiger partial charge is 0.386 e. The number of rotatable bonds is 4. The lowest BCUT2D eigenvalue weighted by Gasteiger charge is -2.02. The monoisotopic (exact) mass is 342 g/mol. The maximum Gasteiger partial charge on any atom is 0.386 e. The van der Waals surface area contributed by atoms with E-state index in [-0.39, 0.29) is 5.97 Å². The van der Waals surface area contributed by atoms with Crippen molar-refractivity contribution in [2.75, 3.05) is 6.61 Å². The van der Waals surface area contributed by atoms with Crippen molar-refractivity contribution < 1.29 is 28.9 Å². The number of benzene rings is 2. The molecule has 0 atom stereocenters. The minimum atomic E-state index is -0.708. The van der Waals surface area contributed by atoms with Gasteiger partial charge in [0.1, 0.15) is 0 Å². The molecule has 0 spiro atoms. The molecule has 6 heteroatoms. The first-order valence-corrected chi connectivity index (χ1v) is 7.41. The molecule has 0 radical (unpaired) electrons. The molecular formula is C19H18O6. The summed E-state index contributed by atoms with van der Waals surface area (Å²) in [6.45, 7) is 5.38. The highest BCUT2D eigenvalue weighted by Gasteiger charge is 2.12. The van der Waals surface area contributed by atoms with E-state index in [1.165, 1.54) is 0 Å². The van der Waals surface area contributed by atoms with Crippen LogP contribution < -0.4 is 0 Å². The fraction of sp³-hybridized carbons (Fsp3) is 0.105. The molecule has 0 N–H and O–H groups in total. The van der Waals surface area contributed by atoms with Gasteiger partial charge in [-0.1, -0.05) is 43.0 Å². The lowest BCUT2D eigenvalue weighted by atomic mass is 10.2. The Hall–Kier alpha value is -3.41. The van der Waals surface area contributed by atoms with Gasteiger partial charge in [-0.15, -0.1) is 0 Å². The van der Waals surface area contributed by atoms with Crippen LogP contribution in [0, 0.1) is 0 Å². The first kappa shape index (κ1) is 19.6. The van der Waals surface area contributed by atoms with Crippen molar-refractivity contribution in [2.24, 2.45) is 0 Å². The van der Waals surface area contributed by atoms with Gasteiger partial charge in [-0.25, -0.2) is 24.2 Å². The molecule has 0 aliphatic heterocycles. The van der Waals surface area contributed by atoms with Gasteiger partial charge in [0.25, 0.3) is 0 Å². The highest BCUT2D eigenvalue weighted by atomic mass is 17.2. The molecule has 130 valence electrons. The van der Waals surface area contributed by atoms with Gasteiger partial charge >= 0.3 is 17.9 Å². The topological polar surface area (TPSA) is 78.9 Å². The Kier molecular flexibility index (Phi) is 8.78. The van der Waals surface area contributed by atoms with Crippen LogP contribution in [0.15, 0.2) is 73.3 Å². The van der Waals surface area contributed by atoms with Crippen molar-refractivity contribution >= 4 is 17.9 Å². The lowest BCUT2D eigenvalue weighted by Crippen LogP contribution is -2.11. The number of carbonyl (C=O) groups excluding carboxylic acids is 3. The van der Waals surface area contributed by atoms with Crippen LogP contribution in [-0.4, -0.2) is 24.5 Å². The van der Waals surface area contributed by atoms with Crippen LogP contribution >= 0.6 is 0 Å². The largest absolute Gasteiger partial charge is 0.463 e. The summed E-state index contributed by atoms with van der Waals surface area (Å²) < 4.78 is 4.43. The highest BCUT2D eigenvalue weighted by molar-refractivity contribution is 5.92. The van der Waals surface area contributed by atoms with E-state index in [1.807, 2.05) is 0 Å². The Morgan fingerprint density at radius 3 is 1.52 bits per heavy atom. The van der Waals surface area contributed by atoms with Gasteiger partial charge in [0.15, 0.2) is 0 Å². The van der Waals surface area contributed by atoms with Crippen LogP contribution in [0.2, 0.25) is 0 Å². The third-order valence-electron chi connectivity index (χ3n) is 2.67. The SMILES string of the molecule is C=CC(=O)OCC.O=C(OOC(=O)c1ccccc1)c1ccccc1. The molecule has 0 aliphatic rings. The lowest BCUT2D eigenvalue weighted by molar-refractivity contribution is -0.187. The molecular weight excluding hydrogens is 324 g/mol. The Morgan fingerprint density at radius 2 is 1.24 bits per heavy atom. The van der Waals surface area contributed by atoms with E-state index < -0.39 is 11.9 Å². The molecule has 0 amide bonds. The van der Waals surface area contributed by atoms with Crippen LogP contribution in [0.4, 0.5) is 0 Å². The molecule has 0 fully saturated rings. The predicted octanol–water partition coefficient (Wildman–Crippen LogP) is 3.35. The van der Waals surface area contributed by atoms with Crippen LogP contribution in [0.5, 0.6) is 0 Å². The highest BCUT2D eigenvalue weighted by Crippen LogP contribution is 2.05. The zero-order valence-electron chi connectivity index (χ0n) is 13.7. The summed E-state index contributed by atoms with van der Waals surface area (Å²) in [6.07, 6.45) is 1.14. The van der Waals surface area contributed by atoms with E-state index in [0.717, 1.165) is 6.08 Å². The van der Waals surface area contributed by atoms with Crippen LogP contribution in [-0.2, 0) is 19.3 Å². The predicted molar refractivity (Wildman–Crippen MR) is 90.5 cm³/mol. The number of esters is 1. The van der Waals surface area contributed by atoms with Crippen molar-refractivity contribution in [3.05, 3.63) is 84.4 Å². The Morgan fingerprint density at radius 1 is 0.840 bits per heavy atom. The van der Waals surface area contributed by atoms with E-state index in [9.17, 15) is 14.4 Å². The second-order valence-electron chi connectivity index (χ2n) is 4.43. The van der Waals surface area contributed by atoms with Crippen LogP contribution in [0.25, 0.3) is 0 Å². The Balaban J connectivity index is 0.000000381. The maximum atomic E-state index is 11.5. The summed E-state index contributed by atoms with van der Waals surface area (Å²) in [4.78, 5) is 41.9. The molecule has 0 aliphatic carbocycles. The summed E-state index contributed by atoms with van der Waals surface area (Å²) in [6, 6.07) is 16.6. The molecule has 2 aromatic rings. The van der Waals surface area contributed by atoms with E-state index in [2.05, 4.69) is 21.1 Å². The van der Waals surface area contributed by atoms with Gasteiger partial charge < -0.3 is 4.74 Å². The molecule has 0 unspecified atom stereocenters. The molecule has 0 bridgehead atoms. The Labute approximate surface area is 145 Å². The average molecular weight is 342 g/mol. The molecule has 0 heterocycles. The molecule has 2 aromatic carbocycles. The molecule has 0 aromatic heterocycles. The first-order chi connectivity index (χ1) is 12.1. The Bertz CT molecular complexity index is 643. The standard InChI is InChI=1S/C14H10O4.C5H8O2/c15-13(11-7-3-1-4-8-11)17-18-14(16)12-9-5-2-6-10-12;1-3-5(6)7-4-2/h1-10H;3H,1,4H2,2H3. The summed E-state index contributed by atoms with van der Waals surface area (Å²) in [7, 11) is 0. The van der Waals surface area contributed by atoms with E-state index >= 15 is 0 Å². The minimum absolute atomic E-state index is 0.318. The first-order valence-electron chi connectivity index (χ1n) is 7.41. The molecule has 25 heavy (non-hydrogen) atoms. The van der Waals surface area contributed by atoms with E-state index in [4.69, 9.17) is 0 Å². The minimum Gasteiger partial charge on any atom is -0.463 e. The number of ether oxygens (including phenoxy) is 1. The number of carbonyl (C=O) groups is 3. The van der Waals surface area contributed by atoms with Crippen molar-refractivity contribution in [3.8, 4) is 0 Å². The zero-order chi connectivity index (χ0) is 18.5. The third kappa shape index (κ3) is 7.60. The maximum absolute atomic E-state index is 11.5. The molecule has 0 saturated carbocycles. The van der Waals surface area contributed by atoms with Crippen molar-refractivity contribution in [1.29, 1.82) is 0 Å². The quantitative estimate of drug-likeness (QED) is 0.367. The van der Waals surface area contributed by atoms with Crippen LogP contribution in [0.1, 0.15) is 27.6 Å². The van der Waals surface area contributed by atoms with Gasteiger partial charge in [0.2, 0.25) is 0 Å². The average Bonchev–Trinajstić information content (AvgIpc) is 2.67. The van der Waals surface area contributed by atoms with Crippen molar-refractivity contribution in [3.63, 3.8) is 0 Å². The van der Waals surface area contributed by atoms with Crippen LogP contribution in [0.3, 0.4) is 0 Å². The summed E-state index contributed by atoms with van der Waals surface area (Å²) >= 11 is 0. The van der Waals surface area contributed by atoms with Gasteiger partial charge in [0.05, 0.1) is 17.7 Å².